The molecule has 1 aliphatic carbocycles. The standard InChI is InChI=1S/C16H24N4O2/c21-16(19-14-5-1-2-6-14)18-12-13-4-3-7-17-15(13)20-8-10-22-11-9-20/h3-4,7,14H,1-2,5-6,8-12H2,(H2,18,19,21). The molecule has 22 heavy (non-hydrogen) atoms. The molecule has 2 fully saturated rings. The van der Waals surface area contributed by atoms with Crippen molar-refractivity contribution < 1.29 is 9.53 Å². The molecule has 1 aromatic heterocycles. The van der Waals surface area contributed by atoms with Crippen LogP contribution in [-0.4, -0.2) is 43.4 Å². The van der Waals surface area contributed by atoms with Gasteiger partial charge in [-0.15, -0.1) is 0 Å². The molecule has 6 nitrogen and oxygen atoms in total. The summed E-state index contributed by atoms with van der Waals surface area (Å²) in [6.07, 6.45) is 6.43. The zero-order chi connectivity index (χ0) is 15.2. The van der Waals surface area contributed by atoms with Crippen LogP contribution in [0.2, 0.25) is 0 Å². The number of urea groups is 1. The van der Waals surface area contributed by atoms with Crippen LogP contribution in [0.1, 0.15) is 31.2 Å². The van der Waals surface area contributed by atoms with E-state index in [-0.39, 0.29) is 6.03 Å². The van der Waals surface area contributed by atoms with E-state index in [1.807, 2.05) is 12.1 Å². The van der Waals surface area contributed by atoms with Gasteiger partial charge in [-0.25, -0.2) is 9.78 Å². The van der Waals surface area contributed by atoms with Crippen LogP contribution in [0.15, 0.2) is 18.3 Å². The Balaban J connectivity index is 1.56. The second-order valence-electron chi connectivity index (χ2n) is 5.89. The molecular weight excluding hydrogens is 280 g/mol. The number of rotatable bonds is 4. The molecule has 1 saturated carbocycles. The van der Waals surface area contributed by atoms with Crippen LogP contribution in [-0.2, 0) is 11.3 Å². The van der Waals surface area contributed by atoms with Crippen molar-refractivity contribution in [1.29, 1.82) is 0 Å². The molecule has 2 heterocycles. The van der Waals surface area contributed by atoms with Crippen LogP contribution in [0.3, 0.4) is 0 Å². The number of hydrogen-bond donors (Lipinski definition) is 2. The highest BCUT2D eigenvalue weighted by Crippen LogP contribution is 2.19. The van der Waals surface area contributed by atoms with Gasteiger partial charge >= 0.3 is 6.03 Å². The fourth-order valence-electron chi connectivity index (χ4n) is 3.11. The summed E-state index contributed by atoms with van der Waals surface area (Å²) in [6, 6.07) is 4.19. The average molecular weight is 304 g/mol. The molecular formula is C16H24N4O2. The molecule has 0 radical (unpaired) electrons. The van der Waals surface area contributed by atoms with Crippen LogP contribution in [0.4, 0.5) is 10.6 Å². The van der Waals surface area contributed by atoms with E-state index in [1.54, 1.807) is 6.20 Å². The van der Waals surface area contributed by atoms with Crippen molar-refractivity contribution in [3.8, 4) is 0 Å². The fraction of sp³-hybridized carbons (Fsp3) is 0.625. The molecule has 0 bridgehead atoms. The van der Waals surface area contributed by atoms with E-state index in [0.717, 1.165) is 50.5 Å². The number of carbonyl (C=O) groups excluding carboxylic acids is 1. The first-order chi connectivity index (χ1) is 10.8. The first-order valence-corrected chi connectivity index (χ1v) is 8.14. The third-order valence-corrected chi connectivity index (χ3v) is 4.31. The molecule has 0 atom stereocenters. The van der Waals surface area contributed by atoms with E-state index < -0.39 is 0 Å². The number of nitrogens with zero attached hydrogens (tertiary/aromatic N) is 2. The van der Waals surface area contributed by atoms with Crippen molar-refractivity contribution >= 4 is 11.8 Å². The molecule has 1 aromatic rings. The van der Waals surface area contributed by atoms with Gasteiger partial charge in [0.05, 0.1) is 13.2 Å². The van der Waals surface area contributed by atoms with Gasteiger partial charge in [0.1, 0.15) is 5.82 Å². The van der Waals surface area contributed by atoms with Crippen LogP contribution >= 0.6 is 0 Å². The van der Waals surface area contributed by atoms with E-state index in [9.17, 15) is 4.79 Å². The van der Waals surface area contributed by atoms with Gasteiger partial charge in [0.25, 0.3) is 0 Å². The van der Waals surface area contributed by atoms with E-state index in [1.165, 1.54) is 12.8 Å². The monoisotopic (exact) mass is 304 g/mol. The Morgan fingerprint density at radius 2 is 2.09 bits per heavy atom. The minimum Gasteiger partial charge on any atom is -0.378 e. The van der Waals surface area contributed by atoms with E-state index in [4.69, 9.17) is 4.74 Å². The maximum Gasteiger partial charge on any atom is 0.315 e. The minimum atomic E-state index is -0.0799. The summed E-state index contributed by atoms with van der Waals surface area (Å²) >= 11 is 0. The summed E-state index contributed by atoms with van der Waals surface area (Å²) in [6.45, 7) is 3.65. The van der Waals surface area contributed by atoms with Crippen molar-refractivity contribution in [2.24, 2.45) is 0 Å². The molecule has 0 aromatic carbocycles. The van der Waals surface area contributed by atoms with Gasteiger partial charge in [0, 0.05) is 37.4 Å². The first kappa shape index (κ1) is 15.1. The van der Waals surface area contributed by atoms with Gasteiger partial charge in [0.15, 0.2) is 0 Å². The van der Waals surface area contributed by atoms with Gasteiger partial charge in [-0.2, -0.15) is 0 Å². The second-order valence-corrected chi connectivity index (χ2v) is 5.89. The summed E-state index contributed by atoms with van der Waals surface area (Å²) in [5, 5.41) is 6.00. The Kier molecular flexibility index (Phi) is 5.11. The van der Waals surface area contributed by atoms with Crippen molar-refractivity contribution in [2.75, 3.05) is 31.2 Å². The summed E-state index contributed by atoms with van der Waals surface area (Å²) in [5.74, 6) is 0.951. The number of nitrogens with one attached hydrogen (secondary N) is 2. The number of carbonyl (C=O) groups is 1. The Morgan fingerprint density at radius 1 is 1.32 bits per heavy atom. The Hall–Kier alpha value is -1.82. The molecule has 0 spiro atoms. The van der Waals surface area contributed by atoms with Gasteiger partial charge in [-0.05, 0) is 18.9 Å². The number of pyridine rings is 1. The number of morpholine rings is 1. The van der Waals surface area contributed by atoms with Crippen LogP contribution in [0, 0.1) is 0 Å². The van der Waals surface area contributed by atoms with Gasteiger partial charge in [-0.1, -0.05) is 18.9 Å². The van der Waals surface area contributed by atoms with Gasteiger partial charge in [-0.3, -0.25) is 0 Å². The van der Waals surface area contributed by atoms with Crippen LogP contribution in [0.25, 0.3) is 0 Å². The van der Waals surface area contributed by atoms with E-state index in [2.05, 4.69) is 20.5 Å². The topological polar surface area (TPSA) is 66.5 Å². The van der Waals surface area contributed by atoms with Crippen molar-refractivity contribution in [3.63, 3.8) is 0 Å². The fourth-order valence-corrected chi connectivity index (χ4v) is 3.11. The van der Waals surface area contributed by atoms with Gasteiger partial charge in [0.2, 0.25) is 0 Å². The molecule has 3 rings (SSSR count). The second kappa shape index (κ2) is 7.45. The number of hydrogen-bond acceptors (Lipinski definition) is 4. The molecule has 2 N–H and O–H groups in total. The maximum absolute atomic E-state index is 12.0. The molecule has 0 unspecified atom stereocenters. The molecule has 1 aliphatic heterocycles. The minimum absolute atomic E-state index is 0.0799. The van der Waals surface area contributed by atoms with Gasteiger partial charge < -0.3 is 20.3 Å². The van der Waals surface area contributed by atoms with E-state index in [0.29, 0.717) is 12.6 Å². The molecule has 6 heteroatoms. The molecule has 1 saturated heterocycles. The zero-order valence-electron chi connectivity index (χ0n) is 12.9. The number of amides is 2. The smallest absolute Gasteiger partial charge is 0.315 e. The third-order valence-electron chi connectivity index (χ3n) is 4.31. The predicted molar refractivity (Wildman–Crippen MR) is 84.9 cm³/mol. The Bertz CT molecular complexity index is 497. The Labute approximate surface area is 131 Å². The number of anilines is 1. The van der Waals surface area contributed by atoms with Crippen molar-refractivity contribution in [2.45, 2.75) is 38.3 Å². The summed E-state index contributed by atoms with van der Waals surface area (Å²) in [4.78, 5) is 18.7. The van der Waals surface area contributed by atoms with Crippen LogP contribution < -0.4 is 15.5 Å². The highest BCUT2D eigenvalue weighted by atomic mass is 16.5. The van der Waals surface area contributed by atoms with Crippen molar-refractivity contribution in [3.05, 3.63) is 23.9 Å². The van der Waals surface area contributed by atoms with E-state index >= 15 is 0 Å². The summed E-state index contributed by atoms with van der Waals surface area (Å²) < 4.78 is 5.38. The normalized spacial score (nSPS) is 19.2. The lowest BCUT2D eigenvalue weighted by Crippen LogP contribution is -2.41. The SMILES string of the molecule is O=C(NCc1cccnc1N1CCOCC1)NC1CCCC1. The number of aromatic nitrogens is 1. The highest BCUT2D eigenvalue weighted by molar-refractivity contribution is 5.74. The largest absolute Gasteiger partial charge is 0.378 e. The molecule has 2 amide bonds. The number of ether oxygens (including phenoxy) is 1. The van der Waals surface area contributed by atoms with Crippen LogP contribution in [0.5, 0.6) is 0 Å². The quantitative estimate of drug-likeness (QED) is 0.888. The van der Waals surface area contributed by atoms with Crippen molar-refractivity contribution in [1.82, 2.24) is 15.6 Å². The third kappa shape index (κ3) is 3.88. The molecule has 120 valence electrons. The summed E-state index contributed by atoms with van der Waals surface area (Å²) in [7, 11) is 0. The first-order valence-electron chi connectivity index (χ1n) is 8.14. The highest BCUT2D eigenvalue weighted by Gasteiger charge is 2.18. The lowest BCUT2D eigenvalue weighted by molar-refractivity contribution is 0.122. The Morgan fingerprint density at radius 3 is 2.86 bits per heavy atom. The average Bonchev–Trinajstić information content (AvgIpc) is 3.07. The maximum atomic E-state index is 12.0. The lowest BCUT2D eigenvalue weighted by Gasteiger charge is -2.29. The predicted octanol–water partition coefficient (Wildman–Crippen LogP) is 1.66. The summed E-state index contributed by atoms with van der Waals surface area (Å²) in [5.41, 5.74) is 1.05. The lowest BCUT2D eigenvalue weighted by atomic mass is 10.2. The zero-order valence-corrected chi connectivity index (χ0v) is 12.9. The molecule has 2 aliphatic rings.